The number of aryl methyl sites for hydroxylation is 1. The van der Waals surface area contributed by atoms with Crippen LogP contribution in [0.3, 0.4) is 0 Å². The molecule has 2 aromatic heterocycles. The molecule has 8 atom stereocenters. The van der Waals surface area contributed by atoms with Gasteiger partial charge in [0.25, 0.3) is 5.56 Å². The normalized spacial score (nSPS) is 23.2. The summed E-state index contributed by atoms with van der Waals surface area (Å²) in [5.74, 6) is -7.23. The van der Waals surface area contributed by atoms with Crippen molar-refractivity contribution in [3.05, 3.63) is 157 Å². The number of aliphatic hydroxyl groups excluding tert-OH is 2. The number of aliphatic hydroxyl groups is 3. The second-order valence-corrected chi connectivity index (χ2v) is 27.5. The van der Waals surface area contributed by atoms with E-state index in [9.17, 15) is 68.1 Å². The number of ether oxygens (including phenoxy) is 4. The Morgan fingerprint density at radius 1 is 0.767 bits per heavy atom. The molecule has 9 amide bonds. The second kappa shape index (κ2) is 28.7. The van der Waals surface area contributed by atoms with Crippen molar-refractivity contribution in [2.45, 2.75) is 151 Å². The summed E-state index contributed by atoms with van der Waals surface area (Å²) in [6.45, 7) is 0.510. The van der Waals surface area contributed by atoms with E-state index in [0.717, 1.165) is 33.4 Å². The summed E-state index contributed by atoms with van der Waals surface area (Å²) in [6, 6.07) is 23.7. The van der Waals surface area contributed by atoms with E-state index in [1.807, 2.05) is 48.5 Å². The van der Waals surface area contributed by atoms with E-state index in [-0.39, 0.29) is 88.1 Å². The Bertz CT molecular complexity index is 4490. The highest BCUT2D eigenvalue weighted by Gasteiger charge is 2.73. The molecule has 540 valence electrons. The molecule has 13 N–H and O–H groups in total. The highest BCUT2D eigenvalue weighted by Crippen LogP contribution is 2.69. The Labute approximate surface area is 587 Å². The predicted molar refractivity (Wildman–Crippen MR) is 361 cm³/mol. The van der Waals surface area contributed by atoms with Crippen LogP contribution in [-0.2, 0) is 93.7 Å². The van der Waals surface area contributed by atoms with Crippen LogP contribution in [0.4, 0.5) is 9.18 Å². The van der Waals surface area contributed by atoms with Crippen molar-refractivity contribution < 1.29 is 86.6 Å². The monoisotopic (exact) mass is 1420 g/mol. The molecule has 4 fully saturated rings. The highest BCUT2D eigenvalue weighted by molar-refractivity contribution is 5.96. The van der Waals surface area contributed by atoms with Gasteiger partial charge in [0.15, 0.2) is 5.60 Å². The number of primary amides is 1. The van der Waals surface area contributed by atoms with E-state index in [1.54, 1.807) is 50.2 Å². The van der Waals surface area contributed by atoms with Crippen LogP contribution < -0.4 is 53.8 Å². The zero-order valence-electron chi connectivity index (χ0n) is 56.3. The number of nitrogens with one attached hydrogen (secondary N) is 8. The van der Waals surface area contributed by atoms with E-state index >= 15 is 4.39 Å². The molecule has 103 heavy (non-hydrogen) atoms. The van der Waals surface area contributed by atoms with Gasteiger partial charge in [0.05, 0.1) is 78.2 Å². The number of aromatic nitrogens is 2. The van der Waals surface area contributed by atoms with E-state index in [0.29, 0.717) is 71.1 Å². The lowest BCUT2D eigenvalue weighted by molar-refractivity contribution is -0.276. The fourth-order valence-corrected chi connectivity index (χ4v) is 15.5. The first-order valence-corrected chi connectivity index (χ1v) is 34.2. The van der Waals surface area contributed by atoms with Gasteiger partial charge in [-0.3, -0.25) is 43.2 Å². The number of cyclic esters (lactones) is 1. The summed E-state index contributed by atoms with van der Waals surface area (Å²) >= 11 is 0. The summed E-state index contributed by atoms with van der Waals surface area (Å²) in [5, 5.41) is 53.8. The number of fused-ring (bicyclic) bond motifs is 8. The number of pyridine rings is 2. The fourth-order valence-electron chi connectivity index (χ4n) is 15.5. The Morgan fingerprint density at radius 2 is 1.42 bits per heavy atom. The van der Waals surface area contributed by atoms with Gasteiger partial charge in [-0.15, -0.1) is 0 Å². The van der Waals surface area contributed by atoms with Gasteiger partial charge >= 0.3 is 12.1 Å². The molecule has 0 radical (unpaired) electrons. The molecule has 8 aliphatic rings. The summed E-state index contributed by atoms with van der Waals surface area (Å²) in [4.78, 5) is 152. The number of hydrogen-bond acceptors (Lipinski definition) is 19. The highest BCUT2D eigenvalue weighted by atomic mass is 19.1. The standard InChI is InChI=1S/C73H78FN11O18/c1-3-73(99)46-22-52-62-43(29-85(52)67(95)45(46)31-100-69(73)97)61-48(18-17-38-36(2)47(74)23-50(82-62)60(38)61)83-68(96)71-32-72(33-71,34-71)102-35-80-58(89)27-79-66(94)51(21-37-11-5-4-6-12-37)81-59(90)28-77-57(88)26-78-65(93)49(19-20-56(87)76-25-54-64(92)63(91)53(103-54)24-55(75)86)84-70(98)101-30-44-41-15-9-7-13-39(41)40-14-8-10-16-42(40)44/h4-16,22-23,44,48-49,51,53-54,63-64,91-92,99H,3,17-21,24-35H2,1-2H3,(H2,75,86)(H,76,87)(H,77,88)(H,78,93)(H,79,94)(H,80,89)(H,81,90)(H,83,96)(H,84,98)/t48-,49-,51-,53-,54+,63-,64+,71?,72?,73-/m0/s1. The molecule has 5 heterocycles. The van der Waals surface area contributed by atoms with Crippen molar-refractivity contribution in [1.82, 2.24) is 52.1 Å². The molecule has 5 aliphatic carbocycles. The molecule has 3 aliphatic heterocycles. The number of hydrogen-bond donors (Lipinski definition) is 12. The largest absolute Gasteiger partial charge is 0.458 e. The van der Waals surface area contributed by atoms with Gasteiger partial charge in [-0.1, -0.05) is 85.8 Å². The maximum Gasteiger partial charge on any atom is 0.407 e. The molecule has 0 spiro atoms. The Balaban J connectivity index is 0.576. The minimum Gasteiger partial charge on any atom is -0.458 e. The van der Waals surface area contributed by atoms with Crippen molar-refractivity contribution >= 4 is 70.2 Å². The molecular formula is C73H78FN11O18. The van der Waals surface area contributed by atoms with Crippen LogP contribution in [0.1, 0.15) is 120 Å². The molecule has 1 saturated heterocycles. The smallest absolute Gasteiger partial charge is 0.407 e. The third-order valence-corrected chi connectivity index (χ3v) is 21.0. The van der Waals surface area contributed by atoms with Gasteiger partial charge < -0.3 is 87.1 Å². The number of esters is 1. The lowest BCUT2D eigenvalue weighted by atomic mass is 9.40. The van der Waals surface area contributed by atoms with Crippen LogP contribution in [0.25, 0.3) is 33.4 Å². The topological polar surface area (TPSA) is 425 Å². The lowest BCUT2D eigenvalue weighted by Crippen LogP contribution is -2.73. The summed E-state index contributed by atoms with van der Waals surface area (Å²) in [7, 11) is 0. The first-order valence-electron chi connectivity index (χ1n) is 34.2. The number of benzene rings is 4. The van der Waals surface area contributed by atoms with Crippen LogP contribution in [0, 0.1) is 18.2 Å². The summed E-state index contributed by atoms with van der Waals surface area (Å²) in [5.41, 5.74) is 9.69. The van der Waals surface area contributed by atoms with Crippen molar-refractivity contribution in [3.8, 4) is 22.5 Å². The molecular weight excluding hydrogens is 1340 g/mol. The van der Waals surface area contributed by atoms with Gasteiger partial charge in [-0.05, 0) is 102 Å². The molecule has 2 bridgehead atoms. The fraction of sp³-hybridized carbons (Fsp3) is 0.425. The first-order chi connectivity index (χ1) is 49.4. The second-order valence-electron chi connectivity index (χ2n) is 27.5. The van der Waals surface area contributed by atoms with E-state index in [1.165, 1.54) is 10.6 Å². The lowest BCUT2D eigenvalue weighted by Gasteiger charge is -2.68. The molecule has 30 heteroatoms. The molecule has 29 nitrogen and oxygen atoms in total. The zero-order valence-corrected chi connectivity index (χ0v) is 56.3. The van der Waals surface area contributed by atoms with E-state index in [2.05, 4.69) is 42.5 Å². The third kappa shape index (κ3) is 13.9. The number of alkyl carbamates (subject to hydrolysis) is 1. The van der Waals surface area contributed by atoms with Gasteiger partial charge in [0, 0.05) is 47.9 Å². The van der Waals surface area contributed by atoms with Crippen LogP contribution in [0.2, 0.25) is 0 Å². The quantitative estimate of drug-likeness (QED) is 0.0251. The van der Waals surface area contributed by atoms with Gasteiger partial charge in [0.1, 0.15) is 56.2 Å². The Kier molecular flexibility index (Phi) is 19.8. The van der Waals surface area contributed by atoms with Gasteiger partial charge in [-0.2, -0.15) is 0 Å². The minimum absolute atomic E-state index is 0.0246. The van der Waals surface area contributed by atoms with Crippen LogP contribution in [0.5, 0.6) is 0 Å². The summed E-state index contributed by atoms with van der Waals surface area (Å²) in [6.07, 6.45) is -5.34. The van der Waals surface area contributed by atoms with Crippen LogP contribution >= 0.6 is 0 Å². The SMILES string of the molecule is CC[C@@]1(O)C(=O)OCc2c1cc1n(c2=O)Cc2c-1nc1cc(F)c(C)c3c1c2[C@@H](NC(=O)C12CC(OCNC(=O)CNC(=O)[C@H](Cc4ccccc4)NC(=O)CNC(=O)CNC(=O)[C@H](CCC(=O)NC[C@H]4O[C@@H](CC(N)=O)[C@H](O)[C@@H]4O)NC(=O)OCC4c5ccccc5-c5ccccc54)(C1)C2)CC3. The maximum absolute atomic E-state index is 15.6. The molecule has 0 unspecified atom stereocenters. The van der Waals surface area contributed by atoms with Crippen LogP contribution in [-0.4, -0.2) is 166 Å². The van der Waals surface area contributed by atoms with Gasteiger partial charge in [0.2, 0.25) is 47.3 Å². The van der Waals surface area contributed by atoms with Crippen molar-refractivity contribution in [2.75, 3.05) is 39.5 Å². The molecule has 3 saturated carbocycles. The van der Waals surface area contributed by atoms with Crippen molar-refractivity contribution in [3.63, 3.8) is 0 Å². The first kappa shape index (κ1) is 70.9. The summed E-state index contributed by atoms with van der Waals surface area (Å²) < 4.78 is 39.7. The number of rotatable bonds is 27. The Hall–Kier alpha value is -10.5. The van der Waals surface area contributed by atoms with E-state index < -0.39 is 144 Å². The molecule has 14 rings (SSSR count). The third-order valence-electron chi connectivity index (χ3n) is 21.0. The van der Waals surface area contributed by atoms with Crippen LogP contribution in [0.15, 0.2) is 95.8 Å². The zero-order chi connectivity index (χ0) is 72.8. The van der Waals surface area contributed by atoms with Gasteiger partial charge in [-0.25, -0.2) is 19.0 Å². The number of nitrogens with two attached hydrogens (primary N) is 1. The molecule has 6 aromatic rings. The predicted octanol–water partition coefficient (Wildman–Crippen LogP) is 0.888. The van der Waals surface area contributed by atoms with E-state index in [4.69, 9.17) is 29.7 Å². The average molecular weight is 1420 g/mol. The van der Waals surface area contributed by atoms with Crippen molar-refractivity contribution in [2.24, 2.45) is 11.1 Å². The molecule has 4 aromatic carbocycles. The number of halogens is 1. The Morgan fingerprint density at radius 3 is 2.11 bits per heavy atom. The maximum atomic E-state index is 15.6. The number of amides is 9. The number of carbonyl (C=O) groups excluding carboxylic acids is 10. The average Bonchev–Trinajstić information content (AvgIpc) is 1.30. The number of carbonyl (C=O) groups is 10. The number of nitrogens with zero attached hydrogens (tertiary/aromatic N) is 2. The van der Waals surface area contributed by atoms with Crippen molar-refractivity contribution in [1.29, 1.82) is 0 Å². The minimum atomic E-state index is -2.06.